The van der Waals surface area contributed by atoms with Crippen LogP contribution in [0, 0.1) is 0 Å². The van der Waals surface area contributed by atoms with Crippen LogP contribution in [0.2, 0.25) is 0 Å². The molecule has 0 spiro atoms. The van der Waals surface area contributed by atoms with Gasteiger partial charge in [-0.25, -0.2) is 0 Å². The molecule has 1 aromatic carbocycles. The second kappa shape index (κ2) is 11.1. The van der Waals surface area contributed by atoms with E-state index in [-0.39, 0.29) is 30.8 Å². The molecule has 0 saturated carbocycles. The lowest BCUT2D eigenvalue weighted by Crippen LogP contribution is -2.30. The van der Waals surface area contributed by atoms with Gasteiger partial charge in [-0.1, -0.05) is 6.92 Å². The van der Waals surface area contributed by atoms with Crippen molar-refractivity contribution in [2.75, 3.05) is 37.4 Å². The number of amides is 2. The molecule has 0 fully saturated rings. The van der Waals surface area contributed by atoms with E-state index in [0.29, 0.717) is 30.9 Å². The fraction of sp³-hybridized carbons (Fsp3) is 0.429. The van der Waals surface area contributed by atoms with Gasteiger partial charge in [-0.3, -0.25) is 9.59 Å². The van der Waals surface area contributed by atoms with Crippen molar-refractivity contribution in [2.24, 2.45) is 0 Å². The Labute approximate surface area is 131 Å². The van der Waals surface area contributed by atoms with Crippen LogP contribution in [-0.4, -0.2) is 38.6 Å². The van der Waals surface area contributed by atoms with E-state index < -0.39 is 0 Å². The molecule has 7 heteroatoms. The zero-order valence-corrected chi connectivity index (χ0v) is 13.1. The lowest BCUT2D eigenvalue weighted by atomic mass is 10.2. The molecule has 0 aliphatic rings. The molecule has 0 heterocycles. The predicted molar refractivity (Wildman–Crippen MR) is 86.0 cm³/mol. The summed E-state index contributed by atoms with van der Waals surface area (Å²) in [6, 6.07) is 7.00. The van der Waals surface area contributed by atoms with Crippen molar-refractivity contribution < 1.29 is 14.3 Å². The molecule has 21 heavy (non-hydrogen) atoms. The maximum atomic E-state index is 11.6. The van der Waals surface area contributed by atoms with E-state index in [9.17, 15) is 9.59 Å². The quantitative estimate of drug-likeness (QED) is 0.637. The molecule has 0 radical (unpaired) electrons. The molecule has 0 atom stereocenters. The number of benzene rings is 1. The first-order valence-corrected chi connectivity index (χ1v) is 6.55. The van der Waals surface area contributed by atoms with E-state index in [4.69, 9.17) is 4.74 Å². The maximum Gasteiger partial charge on any atom is 0.238 e. The van der Waals surface area contributed by atoms with E-state index in [1.54, 1.807) is 38.3 Å². The minimum atomic E-state index is -0.119. The van der Waals surface area contributed by atoms with Crippen LogP contribution in [0.5, 0.6) is 0 Å². The van der Waals surface area contributed by atoms with Crippen LogP contribution in [0.3, 0.4) is 0 Å². The number of nitrogens with one attached hydrogen (secondary N) is 3. The second-order valence-corrected chi connectivity index (χ2v) is 4.20. The van der Waals surface area contributed by atoms with Crippen molar-refractivity contribution in [1.82, 2.24) is 5.32 Å². The van der Waals surface area contributed by atoms with Crippen molar-refractivity contribution in [2.45, 2.75) is 13.3 Å². The van der Waals surface area contributed by atoms with E-state index in [1.165, 1.54) is 0 Å². The van der Waals surface area contributed by atoms with Gasteiger partial charge >= 0.3 is 0 Å². The Morgan fingerprint density at radius 3 is 2.05 bits per heavy atom. The number of rotatable bonds is 8. The van der Waals surface area contributed by atoms with Crippen LogP contribution < -0.4 is 16.0 Å². The number of carbonyl (C=O) groups is 2. The highest BCUT2D eigenvalue weighted by Gasteiger charge is 2.02. The van der Waals surface area contributed by atoms with Gasteiger partial charge in [0.15, 0.2) is 0 Å². The van der Waals surface area contributed by atoms with Gasteiger partial charge in [0, 0.05) is 31.5 Å². The number of carbonyl (C=O) groups excluding carboxylic acids is 2. The third-order valence-corrected chi connectivity index (χ3v) is 2.54. The summed E-state index contributed by atoms with van der Waals surface area (Å²) in [5.41, 5.74) is 1.41. The van der Waals surface area contributed by atoms with E-state index >= 15 is 0 Å². The number of methoxy groups -OCH3 is 1. The highest BCUT2D eigenvalue weighted by Crippen LogP contribution is 2.13. The number of anilines is 2. The molecule has 6 nitrogen and oxygen atoms in total. The first-order valence-electron chi connectivity index (χ1n) is 6.55. The van der Waals surface area contributed by atoms with Gasteiger partial charge in [-0.2, -0.15) is 0 Å². The van der Waals surface area contributed by atoms with Gasteiger partial charge in [0.1, 0.15) is 0 Å². The Balaban J connectivity index is 0.00000400. The molecule has 0 aromatic heterocycles. The monoisotopic (exact) mass is 315 g/mol. The minimum Gasteiger partial charge on any atom is -0.383 e. The molecule has 0 bridgehead atoms. The fourth-order valence-corrected chi connectivity index (χ4v) is 1.47. The summed E-state index contributed by atoms with van der Waals surface area (Å²) in [6.45, 7) is 3.23. The van der Waals surface area contributed by atoms with Crippen LogP contribution in [0.1, 0.15) is 13.3 Å². The van der Waals surface area contributed by atoms with Gasteiger partial charge in [-0.15, -0.1) is 12.4 Å². The number of hydrogen-bond donors (Lipinski definition) is 3. The highest BCUT2D eigenvalue weighted by atomic mass is 35.5. The van der Waals surface area contributed by atoms with Crippen molar-refractivity contribution in [1.29, 1.82) is 0 Å². The van der Waals surface area contributed by atoms with Crippen LogP contribution in [0.15, 0.2) is 24.3 Å². The summed E-state index contributed by atoms with van der Waals surface area (Å²) in [5, 5.41) is 8.46. The molecular weight excluding hydrogens is 294 g/mol. The van der Waals surface area contributed by atoms with Crippen molar-refractivity contribution >= 4 is 35.6 Å². The predicted octanol–water partition coefficient (Wildman–Crippen LogP) is 1.63. The van der Waals surface area contributed by atoms with Gasteiger partial charge < -0.3 is 20.7 Å². The largest absolute Gasteiger partial charge is 0.383 e. The number of ether oxygens (including phenoxy) is 1. The summed E-state index contributed by atoms with van der Waals surface area (Å²) >= 11 is 0. The molecule has 0 unspecified atom stereocenters. The molecule has 0 saturated heterocycles. The topological polar surface area (TPSA) is 79.5 Å². The standard InChI is InChI=1S/C14H21N3O3.ClH/c1-3-13(18)16-11-4-6-12(7-5-11)17-14(19)10-15-8-9-20-2;/h4-7,15H,3,8-10H2,1-2H3,(H,16,18)(H,17,19);1H. The molecule has 118 valence electrons. The second-order valence-electron chi connectivity index (χ2n) is 4.20. The average Bonchev–Trinajstić information content (AvgIpc) is 2.45. The molecule has 3 N–H and O–H groups in total. The van der Waals surface area contributed by atoms with E-state index in [0.717, 1.165) is 0 Å². The Morgan fingerprint density at radius 1 is 1.05 bits per heavy atom. The fourth-order valence-electron chi connectivity index (χ4n) is 1.47. The van der Waals surface area contributed by atoms with Crippen LogP contribution in [0.25, 0.3) is 0 Å². The Hall–Kier alpha value is -1.63. The third-order valence-electron chi connectivity index (χ3n) is 2.54. The summed E-state index contributed by atoms with van der Waals surface area (Å²) in [6.07, 6.45) is 0.436. The summed E-state index contributed by atoms with van der Waals surface area (Å²) in [7, 11) is 1.61. The molecule has 1 rings (SSSR count). The van der Waals surface area contributed by atoms with Gasteiger partial charge in [0.05, 0.1) is 13.2 Å². The van der Waals surface area contributed by atoms with Gasteiger partial charge in [-0.05, 0) is 24.3 Å². The number of hydrogen-bond acceptors (Lipinski definition) is 4. The third kappa shape index (κ3) is 8.29. The van der Waals surface area contributed by atoms with Crippen molar-refractivity contribution in [3.63, 3.8) is 0 Å². The van der Waals surface area contributed by atoms with Crippen LogP contribution >= 0.6 is 12.4 Å². The zero-order valence-electron chi connectivity index (χ0n) is 12.3. The smallest absolute Gasteiger partial charge is 0.238 e. The zero-order chi connectivity index (χ0) is 14.8. The first-order chi connectivity index (χ1) is 9.65. The molecule has 0 aliphatic carbocycles. The van der Waals surface area contributed by atoms with Crippen molar-refractivity contribution in [3.8, 4) is 0 Å². The minimum absolute atomic E-state index is 0. The normalized spacial score (nSPS) is 9.62. The highest BCUT2D eigenvalue weighted by molar-refractivity contribution is 5.93. The first kappa shape index (κ1) is 19.4. The number of halogens is 1. The lowest BCUT2D eigenvalue weighted by molar-refractivity contribution is -0.116. The van der Waals surface area contributed by atoms with Crippen LogP contribution in [-0.2, 0) is 14.3 Å². The summed E-state index contributed by atoms with van der Waals surface area (Å²) in [4.78, 5) is 22.8. The molecule has 1 aromatic rings. The SMILES string of the molecule is CCC(=O)Nc1ccc(NC(=O)CNCCOC)cc1.Cl. The molecular formula is C14H22ClN3O3. The maximum absolute atomic E-state index is 11.6. The molecule has 0 aliphatic heterocycles. The van der Waals surface area contributed by atoms with E-state index in [2.05, 4.69) is 16.0 Å². The Kier molecular flexibility index (Phi) is 10.2. The van der Waals surface area contributed by atoms with Gasteiger partial charge in [0.25, 0.3) is 0 Å². The Morgan fingerprint density at radius 2 is 1.57 bits per heavy atom. The average molecular weight is 316 g/mol. The van der Waals surface area contributed by atoms with Crippen molar-refractivity contribution in [3.05, 3.63) is 24.3 Å². The van der Waals surface area contributed by atoms with E-state index in [1.807, 2.05) is 0 Å². The van der Waals surface area contributed by atoms with Crippen LogP contribution in [0.4, 0.5) is 11.4 Å². The molecule has 2 amide bonds. The van der Waals surface area contributed by atoms with Gasteiger partial charge in [0.2, 0.25) is 11.8 Å². The lowest BCUT2D eigenvalue weighted by Gasteiger charge is -2.08. The Bertz CT molecular complexity index is 438. The summed E-state index contributed by atoms with van der Waals surface area (Å²) < 4.78 is 4.87. The summed E-state index contributed by atoms with van der Waals surface area (Å²) in [5.74, 6) is -0.157.